The molecule has 1 aromatic carbocycles. The number of carbonyl (C=O) groups is 1. The molecule has 7 nitrogen and oxygen atoms in total. The lowest BCUT2D eigenvalue weighted by Crippen LogP contribution is -2.44. The number of H-pyrrole nitrogens is 1. The summed E-state index contributed by atoms with van der Waals surface area (Å²) >= 11 is 0. The molecule has 26 heavy (non-hydrogen) atoms. The van der Waals surface area contributed by atoms with Gasteiger partial charge in [0, 0.05) is 49.8 Å². The van der Waals surface area contributed by atoms with Crippen molar-refractivity contribution >= 4 is 6.03 Å². The number of rotatable bonds is 4. The highest BCUT2D eigenvalue weighted by Gasteiger charge is 2.25. The Balaban J connectivity index is 1.40. The van der Waals surface area contributed by atoms with Crippen LogP contribution in [-0.4, -0.2) is 43.8 Å². The van der Waals surface area contributed by atoms with Crippen molar-refractivity contribution in [2.24, 2.45) is 0 Å². The molecule has 0 saturated carbocycles. The highest BCUT2D eigenvalue weighted by Crippen LogP contribution is 2.25. The zero-order valence-electron chi connectivity index (χ0n) is 14.5. The van der Waals surface area contributed by atoms with Gasteiger partial charge in [-0.3, -0.25) is 5.10 Å². The first-order chi connectivity index (χ1) is 12.8. The van der Waals surface area contributed by atoms with Crippen LogP contribution in [0.25, 0.3) is 5.69 Å². The third kappa shape index (κ3) is 3.46. The van der Waals surface area contributed by atoms with Crippen molar-refractivity contribution in [3.05, 3.63) is 66.5 Å². The SMILES string of the molecule is O=C(NCc1ccccc1-n1ccnc1)N1CCCC(c2ccn[nH]2)C1. The van der Waals surface area contributed by atoms with Crippen molar-refractivity contribution in [2.45, 2.75) is 25.3 Å². The molecule has 2 aromatic heterocycles. The van der Waals surface area contributed by atoms with Crippen LogP contribution in [0.4, 0.5) is 4.79 Å². The maximum atomic E-state index is 12.7. The molecule has 0 bridgehead atoms. The van der Waals surface area contributed by atoms with Crippen LogP contribution in [0.2, 0.25) is 0 Å². The van der Waals surface area contributed by atoms with E-state index in [0.717, 1.165) is 42.9 Å². The molecule has 4 rings (SSSR count). The van der Waals surface area contributed by atoms with Crippen molar-refractivity contribution in [3.63, 3.8) is 0 Å². The first-order valence-electron chi connectivity index (χ1n) is 8.89. The van der Waals surface area contributed by atoms with Gasteiger partial charge in [0.15, 0.2) is 0 Å². The minimum absolute atomic E-state index is 0.0188. The van der Waals surface area contributed by atoms with Crippen LogP contribution >= 0.6 is 0 Å². The number of carbonyl (C=O) groups excluding carboxylic acids is 1. The summed E-state index contributed by atoms with van der Waals surface area (Å²) in [4.78, 5) is 18.7. The normalized spacial score (nSPS) is 17.2. The Kier molecular flexibility index (Phi) is 4.68. The summed E-state index contributed by atoms with van der Waals surface area (Å²) in [5.41, 5.74) is 3.19. The fourth-order valence-corrected chi connectivity index (χ4v) is 3.51. The number of likely N-dealkylation sites (tertiary alicyclic amines) is 1. The van der Waals surface area contributed by atoms with Crippen LogP contribution in [0.15, 0.2) is 55.2 Å². The maximum absolute atomic E-state index is 12.7. The third-order valence-electron chi connectivity index (χ3n) is 4.87. The lowest BCUT2D eigenvalue weighted by atomic mass is 9.95. The van der Waals surface area contributed by atoms with Crippen LogP contribution in [0.1, 0.15) is 30.0 Å². The standard InChI is InChI=1S/C19H22N6O/c26-19(24-10-3-5-16(13-24)17-7-8-22-23-17)21-12-15-4-1-2-6-18(15)25-11-9-20-14-25/h1-2,4,6-9,11,14,16H,3,5,10,12-13H2,(H,21,26)(H,22,23). The molecule has 3 aromatic rings. The third-order valence-corrected chi connectivity index (χ3v) is 4.87. The maximum Gasteiger partial charge on any atom is 0.317 e. The van der Waals surface area contributed by atoms with E-state index >= 15 is 0 Å². The fourth-order valence-electron chi connectivity index (χ4n) is 3.51. The smallest absolute Gasteiger partial charge is 0.317 e. The second-order valence-electron chi connectivity index (χ2n) is 6.55. The number of urea groups is 1. The minimum Gasteiger partial charge on any atom is -0.334 e. The lowest BCUT2D eigenvalue weighted by molar-refractivity contribution is 0.178. The van der Waals surface area contributed by atoms with Gasteiger partial charge in [0.2, 0.25) is 0 Å². The van der Waals surface area contributed by atoms with Crippen LogP contribution in [-0.2, 0) is 6.54 Å². The summed E-state index contributed by atoms with van der Waals surface area (Å²) in [7, 11) is 0. The predicted octanol–water partition coefficient (Wildman–Crippen LogP) is 2.68. The van der Waals surface area contributed by atoms with Gasteiger partial charge in [0.1, 0.15) is 0 Å². The van der Waals surface area contributed by atoms with E-state index in [-0.39, 0.29) is 6.03 Å². The summed E-state index contributed by atoms with van der Waals surface area (Å²) in [6.45, 7) is 2.00. The van der Waals surface area contributed by atoms with Crippen molar-refractivity contribution in [3.8, 4) is 5.69 Å². The van der Waals surface area contributed by atoms with Crippen LogP contribution in [0, 0.1) is 0 Å². The Morgan fingerprint density at radius 3 is 3.00 bits per heavy atom. The Hall–Kier alpha value is -3.09. The van der Waals surface area contributed by atoms with Gasteiger partial charge in [-0.05, 0) is 30.5 Å². The second-order valence-corrected chi connectivity index (χ2v) is 6.55. The molecule has 2 amide bonds. The van der Waals surface area contributed by atoms with Gasteiger partial charge in [-0.25, -0.2) is 9.78 Å². The Bertz CT molecular complexity index is 843. The minimum atomic E-state index is -0.0188. The van der Waals surface area contributed by atoms with E-state index in [1.165, 1.54) is 0 Å². The summed E-state index contributed by atoms with van der Waals surface area (Å²) in [5.74, 6) is 0.329. The van der Waals surface area contributed by atoms with Gasteiger partial charge in [-0.2, -0.15) is 5.10 Å². The number of hydrogen-bond acceptors (Lipinski definition) is 3. The number of nitrogens with zero attached hydrogens (tertiary/aromatic N) is 4. The summed E-state index contributed by atoms with van der Waals surface area (Å²) in [6.07, 6.45) is 9.26. The zero-order valence-corrected chi connectivity index (χ0v) is 14.5. The summed E-state index contributed by atoms with van der Waals surface area (Å²) < 4.78 is 1.96. The fraction of sp³-hybridized carbons (Fsp3) is 0.316. The molecule has 1 atom stereocenters. The van der Waals surface area contributed by atoms with Crippen molar-refractivity contribution in [2.75, 3.05) is 13.1 Å². The molecule has 0 aliphatic carbocycles. The molecule has 3 heterocycles. The van der Waals surface area contributed by atoms with Gasteiger partial charge in [0.05, 0.1) is 12.0 Å². The molecule has 2 N–H and O–H groups in total. The largest absolute Gasteiger partial charge is 0.334 e. The van der Waals surface area contributed by atoms with E-state index in [9.17, 15) is 4.79 Å². The molecule has 1 aliphatic heterocycles. The molecule has 7 heteroatoms. The van der Waals surface area contributed by atoms with Crippen molar-refractivity contribution in [1.82, 2.24) is 30.0 Å². The molecule has 134 valence electrons. The van der Waals surface area contributed by atoms with Crippen LogP contribution in [0.3, 0.4) is 0 Å². The van der Waals surface area contributed by atoms with E-state index in [1.807, 2.05) is 46.0 Å². The van der Waals surface area contributed by atoms with Gasteiger partial charge in [0.25, 0.3) is 0 Å². The van der Waals surface area contributed by atoms with Gasteiger partial charge in [-0.1, -0.05) is 18.2 Å². The molecule has 1 aliphatic rings. The number of imidazole rings is 1. The van der Waals surface area contributed by atoms with Crippen LogP contribution < -0.4 is 5.32 Å². The highest BCUT2D eigenvalue weighted by atomic mass is 16.2. The lowest BCUT2D eigenvalue weighted by Gasteiger charge is -2.32. The first-order valence-corrected chi connectivity index (χ1v) is 8.89. The summed E-state index contributed by atoms with van der Waals surface area (Å²) in [5, 5.41) is 10.1. The van der Waals surface area contributed by atoms with Gasteiger partial charge >= 0.3 is 6.03 Å². The number of piperidine rings is 1. The highest BCUT2D eigenvalue weighted by molar-refractivity contribution is 5.74. The number of aromatic amines is 1. The Morgan fingerprint density at radius 2 is 2.19 bits per heavy atom. The topological polar surface area (TPSA) is 78.8 Å². The van der Waals surface area contributed by atoms with E-state index in [1.54, 1.807) is 18.7 Å². The number of aromatic nitrogens is 4. The summed E-state index contributed by atoms with van der Waals surface area (Å²) in [6, 6.07) is 10.00. The predicted molar refractivity (Wildman–Crippen MR) is 97.9 cm³/mol. The quantitative estimate of drug-likeness (QED) is 0.759. The van der Waals surface area contributed by atoms with E-state index in [0.29, 0.717) is 12.5 Å². The van der Waals surface area contributed by atoms with Crippen molar-refractivity contribution < 1.29 is 4.79 Å². The Morgan fingerprint density at radius 1 is 1.27 bits per heavy atom. The number of amides is 2. The average molecular weight is 350 g/mol. The number of hydrogen-bond donors (Lipinski definition) is 2. The van der Waals surface area contributed by atoms with E-state index in [2.05, 4.69) is 20.5 Å². The van der Waals surface area contributed by atoms with Gasteiger partial charge in [-0.15, -0.1) is 0 Å². The molecular formula is C19H22N6O. The van der Waals surface area contributed by atoms with E-state index < -0.39 is 0 Å². The molecule has 1 saturated heterocycles. The molecule has 1 unspecified atom stereocenters. The number of benzene rings is 1. The monoisotopic (exact) mass is 350 g/mol. The molecule has 0 spiro atoms. The zero-order chi connectivity index (χ0) is 17.8. The van der Waals surface area contributed by atoms with E-state index in [4.69, 9.17) is 0 Å². The van der Waals surface area contributed by atoms with Crippen molar-refractivity contribution in [1.29, 1.82) is 0 Å². The van der Waals surface area contributed by atoms with Gasteiger partial charge < -0.3 is 14.8 Å². The number of nitrogens with one attached hydrogen (secondary N) is 2. The first kappa shape index (κ1) is 16.4. The molecular weight excluding hydrogens is 328 g/mol. The molecule has 0 radical (unpaired) electrons. The Labute approximate surface area is 152 Å². The second kappa shape index (κ2) is 7.43. The average Bonchev–Trinajstić information content (AvgIpc) is 3.40. The molecule has 1 fully saturated rings. The number of para-hydroxylation sites is 1. The van der Waals surface area contributed by atoms with Crippen LogP contribution in [0.5, 0.6) is 0 Å².